The Hall–Kier alpha value is -0.530. The lowest BCUT2D eigenvalue weighted by Gasteiger charge is -2.35. The molecule has 8 heteroatoms. The summed E-state index contributed by atoms with van der Waals surface area (Å²) in [5.41, 5.74) is 0. The monoisotopic (exact) mass is 303 g/mol. The van der Waals surface area contributed by atoms with Gasteiger partial charge in [-0.25, -0.2) is 0 Å². The van der Waals surface area contributed by atoms with Gasteiger partial charge in [0.05, 0.1) is 0 Å². The van der Waals surface area contributed by atoms with Gasteiger partial charge in [0, 0.05) is 39.1 Å². The van der Waals surface area contributed by atoms with Crippen molar-refractivity contribution in [3.05, 3.63) is 0 Å². The van der Waals surface area contributed by atoms with Crippen molar-refractivity contribution in [1.82, 2.24) is 15.5 Å². The molecule has 4 nitrogen and oxygen atoms in total. The van der Waals surface area contributed by atoms with Crippen LogP contribution in [0.25, 0.3) is 0 Å². The van der Waals surface area contributed by atoms with Crippen molar-refractivity contribution >= 4 is 18.3 Å². The Morgan fingerprint density at radius 3 is 2.42 bits per heavy atom. The predicted molar refractivity (Wildman–Crippen MR) is 69.5 cm³/mol. The minimum Gasteiger partial charge on any atom is -0.354 e. The smallest absolute Gasteiger partial charge is 0.354 e. The lowest BCUT2D eigenvalue weighted by molar-refractivity contribution is -0.184. The zero-order valence-electron chi connectivity index (χ0n) is 10.9. The first-order valence-electron chi connectivity index (χ1n) is 6.23. The molecule has 0 bridgehead atoms. The maximum atomic E-state index is 12.9. The van der Waals surface area contributed by atoms with Crippen LogP contribution in [0.1, 0.15) is 19.8 Å². The molecule has 1 rings (SSSR count). The molecule has 2 N–H and O–H groups in total. The summed E-state index contributed by atoms with van der Waals surface area (Å²) < 4.78 is 38.8. The van der Waals surface area contributed by atoms with Gasteiger partial charge in [-0.1, -0.05) is 6.92 Å². The van der Waals surface area contributed by atoms with Gasteiger partial charge in [0.25, 0.3) is 0 Å². The molecule has 0 spiro atoms. The molecule has 0 aromatic heterocycles. The van der Waals surface area contributed by atoms with E-state index in [4.69, 9.17) is 0 Å². The third-order valence-electron chi connectivity index (χ3n) is 2.94. The fourth-order valence-corrected chi connectivity index (χ4v) is 1.97. The summed E-state index contributed by atoms with van der Waals surface area (Å²) in [5.74, 6) is -0.318. The van der Waals surface area contributed by atoms with E-state index in [2.05, 4.69) is 10.6 Å². The number of carbonyl (C=O) groups excluding carboxylic acids is 1. The Bertz CT molecular complexity index is 270. The number of alkyl halides is 3. The molecular formula is C11H21ClF3N3O. The van der Waals surface area contributed by atoms with Gasteiger partial charge >= 0.3 is 6.18 Å². The summed E-state index contributed by atoms with van der Waals surface area (Å²) in [6.45, 7) is 3.27. The van der Waals surface area contributed by atoms with Crippen LogP contribution in [0, 0.1) is 0 Å². The van der Waals surface area contributed by atoms with Crippen LogP contribution >= 0.6 is 12.4 Å². The number of amides is 1. The summed E-state index contributed by atoms with van der Waals surface area (Å²) in [7, 11) is 0. The van der Waals surface area contributed by atoms with E-state index < -0.39 is 12.2 Å². The van der Waals surface area contributed by atoms with Crippen LogP contribution in [0.3, 0.4) is 0 Å². The lowest BCUT2D eigenvalue weighted by atomic mass is 10.2. The highest BCUT2D eigenvalue weighted by Crippen LogP contribution is 2.24. The first-order valence-corrected chi connectivity index (χ1v) is 6.23. The Kier molecular flexibility index (Phi) is 8.36. The highest BCUT2D eigenvalue weighted by Gasteiger charge is 2.43. The molecule has 1 amide bonds. The Morgan fingerprint density at radius 1 is 1.37 bits per heavy atom. The second kappa shape index (κ2) is 8.60. The molecule has 1 aliphatic rings. The number of hydrogen-bond donors (Lipinski definition) is 2. The van der Waals surface area contributed by atoms with E-state index in [0.717, 1.165) is 0 Å². The average molecular weight is 304 g/mol. The van der Waals surface area contributed by atoms with Crippen LogP contribution in [-0.4, -0.2) is 55.7 Å². The summed E-state index contributed by atoms with van der Waals surface area (Å²) in [4.78, 5) is 12.6. The number of carbonyl (C=O) groups is 1. The van der Waals surface area contributed by atoms with Gasteiger partial charge in [0.15, 0.2) is 0 Å². The van der Waals surface area contributed by atoms with Crippen molar-refractivity contribution < 1.29 is 18.0 Å². The van der Waals surface area contributed by atoms with Crippen molar-refractivity contribution in [3.63, 3.8) is 0 Å². The topological polar surface area (TPSA) is 44.4 Å². The Balaban J connectivity index is 0.00000324. The van der Waals surface area contributed by atoms with E-state index in [1.807, 2.05) is 6.92 Å². The predicted octanol–water partition coefficient (Wildman–Crippen LogP) is 1.16. The van der Waals surface area contributed by atoms with E-state index in [0.29, 0.717) is 32.6 Å². The van der Waals surface area contributed by atoms with Crippen LogP contribution in [0.2, 0.25) is 0 Å². The molecule has 0 radical (unpaired) electrons. The largest absolute Gasteiger partial charge is 0.405 e. The minimum absolute atomic E-state index is 0. The summed E-state index contributed by atoms with van der Waals surface area (Å²) in [5, 5.41) is 5.38. The van der Waals surface area contributed by atoms with Gasteiger partial charge in [0.1, 0.15) is 6.04 Å². The van der Waals surface area contributed by atoms with Crippen molar-refractivity contribution in [2.24, 2.45) is 0 Å². The fourth-order valence-electron chi connectivity index (χ4n) is 1.97. The molecule has 1 heterocycles. The molecule has 0 saturated carbocycles. The quantitative estimate of drug-likeness (QED) is 0.801. The third-order valence-corrected chi connectivity index (χ3v) is 2.94. The molecule has 1 atom stereocenters. The second-order valence-corrected chi connectivity index (χ2v) is 4.40. The highest BCUT2D eigenvalue weighted by atomic mass is 35.5. The maximum absolute atomic E-state index is 12.9. The van der Waals surface area contributed by atoms with E-state index in [1.54, 1.807) is 0 Å². The summed E-state index contributed by atoms with van der Waals surface area (Å²) in [6.07, 6.45) is -3.40. The van der Waals surface area contributed by atoms with Crippen LogP contribution in [0.4, 0.5) is 13.2 Å². The zero-order valence-corrected chi connectivity index (χ0v) is 11.7. The fraction of sp³-hybridized carbons (Fsp3) is 0.909. The first-order chi connectivity index (χ1) is 8.45. The van der Waals surface area contributed by atoms with Crippen LogP contribution in [-0.2, 0) is 4.79 Å². The lowest BCUT2D eigenvalue weighted by Crippen LogP contribution is -2.57. The molecule has 0 aromatic rings. The molecule has 0 aromatic carbocycles. The number of nitrogens with zero attached hydrogens (tertiary/aromatic N) is 1. The van der Waals surface area contributed by atoms with Crippen molar-refractivity contribution in [2.45, 2.75) is 32.0 Å². The van der Waals surface area contributed by atoms with E-state index in [-0.39, 0.29) is 31.3 Å². The van der Waals surface area contributed by atoms with E-state index >= 15 is 0 Å². The average Bonchev–Trinajstić information content (AvgIpc) is 2.29. The molecule has 1 fully saturated rings. The molecule has 1 unspecified atom stereocenters. The minimum atomic E-state index is -4.31. The van der Waals surface area contributed by atoms with Gasteiger partial charge in [-0.05, 0) is 6.42 Å². The normalized spacial score (nSPS) is 18.5. The Morgan fingerprint density at radius 2 is 1.95 bits per heavy atom. The second-order valence-electron chi connectivity index (χ2n) is 4.40. The number of piperazine rings is 1. The van der Waals surface area contributed by atoms with Crippen molar-refractivity contribution in [3.8, 4) is 0 Å². The highest BCUT2D eigenvalue weighted by molar-refractivity contribution is 5.85. The maximum Gasteiger partial charge on any atom is 0.405 e. The molecule has 19 heavy (non-hydrogen) atoms. The zero-order chi connectivity index (χ0) is 13.6. The van der Waals surface area contributed by atoms with Gasteiger partial charge in [-0.2, -0.15) is 13.2 Å². The molecular weight excluding hydrogens is 283 g/mol. The van der Waals surface area contributed by atoms with Crippen molar-refractivity contribution in [2.75, 3.05) is 32.7 Å². The van der Waals surface area contributed by atoms with Gasteiger partial charge in [0.2, 0.25) is 5.91 Å². The molecule has 0 aliphatic carbocycles. The van der Waals surface area contributed by atoms with Crippen LogP contribution in [0.5, 0.6) is 0 Å². The van der Waals surface area contributed by atoms with E-state index in [9.17, 15) is 18.0 Å². The van der Waals surface area contributed by atoms with Gasteiger partial charge < -0.3 is 10.6 Å². The third kappa shape index (κ3) is 6.44. The summed E-state index contributed by atoms with van der Waals surface area (Å²) in [6, 6.07) is -1.58. The number of rotatable bonds is 5. The van der Waals surface area contributed by atoms with Crippen molar-refractivity contribution in [1.29, 1.82) is 0 Å². The van der Waals surface area contributed by atoms with Crippen LogP contribution < -0.4 is 10.6 Å². The van der Waals surface area contributed by atoms with Gasteiger partial charge in [-0.3, -0.25) is 9.69 Å². The van der Waals surface area contributed by atoms with Gasteiger partial charge in [-0.15, -0.1) is 12.4 Å². The number of hydrogen-bond acceptors (Lipinski definition) is 3. The first kappa shape index (κ1) is 18.5. The number of halogens is 4. The Labute approximate surface area is 117 Å². The SMILES string of the molecule is CCCC(=O)NCC(N1CCNCC1)C(F)(F)F.Cl. The summed E-state index contributed by atoms with van der Waals surface area (Å²) >= 11 is 0. The molecule has 1 aliphatic heterocycles. The standard InChI is InChI=1S/C11H20F3N3O.ClH/c1-2-3-10(18)16-8-9(11(12,13)14)17-6-4-15-5-7-17;/h9,15H,2-8H2,1H3,(H,16,18);1H. The molecule has 114 valence electrons. The van der Waals surface area contributed by atoms with E-state index in [1.165, 1.54) is 4.90 Å². The van der Waals surface area contributed by atoms with Crippen LogP contribution in [0.15, 0.2) is 0 Å². The number of nitrogens with one attached hydrogen (secondary N) is 2. The molecule has 1 saturated heterocycles.